The molecular formula is C21H27N3O3S. The third-order valence-electron chi connectivity index (χ3n) is 4.68. The van der Waals surface area contributed by atoms with E-state index in [0.29, 0.717) is 30.2 Å². The second kappa shape index (κ2) is 7.83. The number of benzene rings is 1. The fraction of sp³-hybridized carbons (Fsp3) is 0.429. The van der Waals surface area contributed by atoms with Crippen LogP contribution in [0, 0.1) is 0 Å². The number of nitrogen functional groups attached to an aromatic ring is 1. The van der Waals surface area contributed by atoms with Crippen LogP contribution in [-0.2, 0) is 22.5 Å². The minimum Gasteiger partial charge on any atom is -0.444 e. The predicted octanol–water partition coefficient (Wildman–Crippen LogP) is 4.37. The average molecular weight is 402 g/mol. The van der Waals surface area contributed by atoms with Gasteiger partial charge in [-0.2, -0.15) is 0 Å². The van der Waals surface area contributed by atoms with E-state index < -0.39 is 5.60 Å². The van der Waals surface area contributed by atoms with Crippen LogP contribution < -0.4 is 11.1 Å². The Kier molecular flexibility index (Phi) is 5.65. The number of fused-ring (bicyclic) bond motifs is 1. The van der Waals surface area contributed by atoms with Crippen molar-refractivity contribution in [2.45, 2.75) is 52.2 Å². The molecule has 0 bridgehead atoms. The van der Waals surface area contributed by atoms with E-state index >= 15 is 0 Å². The largest absolute Gasteiger partial charge is 0.444 e. The second-order valence-electron chi connectivity index (χ2n) is 8.02. The van der Waals surface area contributed by atoms with Gasteiger partial charge >= 0.3 is 6.09 Å². The summed E-state index contributed by atoms with van der Waals surface area (Å²) in [4.78, 5) is 27.7. The Morgan fingerprint density at radius 2 is 1.93 bits per heavy atom. The number of rotatable bonds is 3. The summed E-state index contributed by atoms with van der Waals surface area (Å²) < 4.78 is 5.46. The maximum Gasteiger partial charge on any atom is 0.410 e. The number of carbonyl (C=O) groups excluding carboxylic acids is 2. The summed E-state index contributed by atoms with van der Waals surface area (Å²) in [7, 11) is 0. The molecule has 0 fully saturated rings. The summed E-state index contributed by atoms with van der Waals surface area (Å²) in [6.07, 6.45) is 0.328. The minimum absolute atomic E-state index is 0.0968. The van der Waals surface area contributed by atoms with E-state index in [9.17, 15) is 9.59 Å². The molecule has 3 rings (SSSR count). The summed E-state index contributed by atoms with van der Waals surface area (Å²) in [5, 5.41) is 3.62. The first-order valence-corrected chi connectivity index (χ1v) is 10.2. The SMILES string of the molecule is CC(C(=O)Nc1sc2c(c1N)CCN(C(=O)OC(C)(C)C)C2)c1ccccc1. The number of nitrogens with two attached hydrogens (primary N) is 1. The zero-order valence-electron chi connectivity index (χ0n) is 16.7. The lowest BCUT2D eigenvalue weighted by Gasteiger charge is -2.30. The molecule has 1 aromatic carbocycles. The molecule has 0 saturated heterocycles. The van der Waals surface area contributed by atoms with E-state index in [1.54, 1.807) is 4.90 Å². The molecule has 1 aliphatic rings. The Hall–Kier alpha value is -2.54. The highest BCUT2D eigenvalue weighted by molar-refractivity contribution is 7.17. The van der Waals surface area contributed by atoms with Gasteiger partial charge in [0.25, 0.3) is 0 Å². The topological polar surface area (TPSA) is 84.7 Å². The lowest BCUT2D eigenvalue weighted by atomic mass is 10.0. The molecule has 1 atom stereocenters. The van der Waals surface area contributed by atoms with Crippen LogP contribution in [0.3, 0.4) is 0 Å². The Morgan fingerprint density at radius 3 is 2.57 bits per heavy atom. The van der Waals surface area contributed by atoms with Crippen molar-refractivity contribution in [1.82, 2.24) is 4.90 Å². The minimum atomic E-state index is -0.529. The number of amides is 2. The van der Waals surface area contributed by atoms with Gasteiger partial charge in [0.2, 0.25) is 5.91 Å². The van der Waals surface area contributed by atoms with Crippen LogP contribution in [-0.4, -0.2) is 29.0 Å². The van der Waals surface area contributed by atoms with Crippen molar-refractivity contribution in [1.29, 1.82) is 0 Å². The number of anilines is 2. The number of ether oxygens (including phenoxy) is 1. The first kappa shape index (κ1) is 20.2. The van der Waals surface area contributed by atoms with E-state index in [1.165, 1.54) is 11.3 Å². The van der Waals surface area contributed by atoms with E-state index in [-0.39, 0.29) is 17.9 Å². The molecule has 1 aromatic heterocycles. The van der Waals surface area contributed by atoms with Gasteiger partial charge in [0, 0.05) is 11.4 Å². The van der Waals surface area contributed by atoms with Gasteiger partial charge in [0.15, 0.2) is 0 Å². The first-order chi connectivity index (χ1) is 13.2. The number of thiophene rings is 1. The van der Waals surface area contributed by atoms with Gasteiger partial charge in [-0.3, -0.25) is 4.79 Å². The van der Waals surface area contributed by atoms with Crippen LogP contribution in [0.4, 0.5) is 15.5 Å². The zero-order chi connectivity index (χ0) is 20.5. The molecule has 0 saturated carbocycles. The first-order valence-electron chi connectivity index (χ1n) is 9.39. The number of nitrogens with zero attached hydrogens (tertiary/aromatic N) is 1. The van der Waals surface area contributed by atoms with Crippen LogP contribution in [0.2, 0.25) is 0 Å². The molecule has 2 amide bonds. The van der Waals surface area contributed by atoms with Crippen molar-refractivity contribution in [2.24, 2.45) is 0 Å². The highest BCUT2D eigenvalue weighted by atomic mass is 32.1. The van der Waals surface area contributed by atoms with E-state index in [2.05, 4.69) is 5.32 Å². The summed E-state index contributed by atoms with van der Waals surface area (Å²) in [5.41, 5.74) is 8.35. The van der Waals surface area contributed by atoms with Gasteiger partial charge in [-0.05, 0) is 45.2 Å². The molecule has 2 aromatic rings. The lowest BCUT2D eigenvalue weighted by molar-refractivity contribution is -0.117. The predicted molar refractivity (Wildman–Crippen MR) is 113 cm³/mol. The molecule has 0 aliphatic carbocycles. The third-order valence-corrected chi connectivity index (χ3v) is 5.83. The molecule has 6 nitrogen and oxygen atoms in total. The van der Waals surface area contributed by atoms with Crippen LogP contribution in [0.25, 0.3) is 0 Å². The van der Waals surface area contributed by atoms with Crippen LogP contribution in [0.5, 0.6) is 0 Å². The molecule has 28 heavy (non-hydrogen) atoms. The van der Waals surface area contributed by atoms with Gasteiger partial charge in [0.1, 0.15) is 10.6 Å². The number of nitrogens with one attached hydrogen (secondary N) is 1. The Labute approximate surface area is 169 Å². The van der Waals surface area contributed by atoms with Crippen molar-refractivity contribution >= 4 is 34.0 Å². The normalized spacial score (nSPS) is 14.9. The molecule has 0 radical (unpaired) electrons. The number of hydrogen-bond donors (Lipinski definition) is 2. The number of carbonyl (C=O) groups is 2. The molecular weight excluding hydrogens is 374 g/mol. The number of hydrogen-bond acceptors (Lipinski definition) is 5. The quantitative estimate of drug-likeness (QED) is 0.800. The second-order valence-corrected chi connectivity index (χ2v) is 9.13. The summed E-state index contributed by atoms with van der Waals surface area (Å²) in [6, 6.07) is 9.64. The van der Waals surface area contributed by atoms with Gasteiger partial charge in [-0.15, -0.1) is 11.3 Å². The smallest absolute Gasteiger partial charge is 0.410 e. The van der Waals surface area contributed by atoms with E-state index in [4.69, 9.17) is 10.5 Å². The van der Waals surface area contributed by atoms with Crippen molar-refractivity contribution < 1.29 is 14.3 Å². The van der Waals surface area contributed by atoms with E-state index in [0.717, 1.165) is 16.0 Å². The molecule has 7 heteroatoms. The summed E-state index contributed by atoms with van der Waals surface area (Å²) >= 11 is 1.44. The summed E-state index contributed by atoms with van der Waals surface area (Å²) in [5.74, 6) is -0.376. The Balaban J connectivity index is 1.71. The molecule has 3 N–H and O–H groups in total. The molecule has 1 unspecified atom stereocenters. The molecule has 2 heterocycles. The highest BCUT2D eigenvalue weighted by Gasteiger charge is 2.29. The summed E-state index contributed by atoms with van der Waals surface area (Å²) in [6.45, 7) is 8.43. The monoisotopic (exact) mass is 401 g/mol. The lowest BCUT2D eigenvalue weighted by Crippen LogP contribution is -2.39. The molecule has 150 valence electrons. The van der Waals surface area contributed by atoms with Crippen LogP contribution in [0.1, 0.15) is 49.6 Å². The van der Waals surface area contributed by atoms with Gasteiger partial charge < -0.3 is 20.7 Å². The van der Waals surface area contributed by atoms with Crippen molar-refractivity contribution in [3.05, 3.63) is 46.3 Å². The standard InChI is InChI=1S/C21H27N3O3S/c1-13(14-8-6-5-7-9-14)18(25)23-19-17(22)15-10-11-24(12-16(15)28-19)20(26)27-21(2,3)4/h5-9,13H,10-12,22H2,1-4H3,(H,23,25). The van der Waals surface area contributed by atoms with Crippen molar-refractivity contribution in [3.8, 4) is 0 Å². The average Bonchev–Trinajstić information content (AvgIpc) is 2.95. The van der Waals surface area contributed by atoms with Gasteiger partial charge in [-0.1, -0.05) is 30.3 Å². The zero-order valence-corrected chi connectivity index (χ0v) is 17.6. The maximum atomic E-state index is 12.7. The van der Waals surface area contributed by atoms with Crippen molar-refractivity contribution in [2.75, 3.05) is 17.6 Å². The van der Waals surface area contributed by atoms with Gasteiger partial charge in [0.05, 0.1) is 18.2 Å². The van der Waals surface area contributed by atoms with Crippen LogP contribution >= 0.6 is 11.3 Å². The maximum absolute atomic E-state index is 12.7. The molecule has 1 aliphatic heterocycles. The fourth-order valence-electron chi connectivity index (χ4n) is 3.12. The Bertz CT molecular complexity index is 871. The third kappa shape index (κ3) is 4.47. The van der Waals surface area contributed by atoms with Gasteiger partial charge in [-0.25, -0.2) is 4.79 Å². The highest BCUT2D eigenvalue weighted by Crippen LogP contribution is 2.40. The fourth-order valence-corrected chi connectivity index (χ4v) is 4.30. The van der Waals surface area contributed by atoms with Crippen LogP contribution in [0.15, 0.2) is 30.3 Å². The molecule has 0 spiro atoms. The van der Waals surface area contributed by atoms with E-state index in [1.807, 2.05) is 58.0 Å². The van der Waals surface area contributed by atoms with Crippen molar-refractivity contribution in [3.63, 3.8) is 0 Å². The Morgan fingerprint density at radius 1 is 1.25 bits per heavy atom.